The molecule has 0 N–H and O–H groups in total. The van der Waals surface area contributed by atoms with Gasteiger partial charge in [0.2, 0.25) is 0 Å². The molecular formula is C53H27F6N5. The van der Waals surface area contributed by atoms with Gasteiger partial charge in [0.05, 0.1) is 79.5 Å². The topological polar surface area (TPSA) is 81.2 Å². The molecule has 306 valence electrons. The molecule has 11 heteroatoms. The van der Waals surface area contributed by atoms with Gasteiger partial charge in [-0.2, -0.15) is 42.1 Å². The lowest BCUT2D eigenvalue weighted by Crippen LogP contribution is -2.16. The fraction of sp³-hybridized carbons (Fsp3) is 0.0377. The third kappa shape index (κ3) is 6.23. The second-order valence-electron chi connectivity index (χ2n) is 15.2. The molecule has 0 saturated carbocycles. The quantitative estimate of drug-likeness (QED) is 0.162. The van der Waals surface area contributed by atoms with Crippen LogP contribution in [0.5, 0.6) is 0 Å². The molecule has 0 aliphatic rings. The number of aromatic nitrogens is 2. The van der Waals surface area contributed by atoms with Crippen molar-refractivity contribution < 1.29 is 26.3 Å². The second kappa shape index (κ2) is 14.8. The molecule has 0 aliphatic carbocycles. The predicted molar refractivity (Wildman–Crippen MR) is 236 cm³/mol. The highest BCUT2D eigenvalue weighted by molar-refractivity contribution is 6.13. The van der Waals surface area contributed by atoms with Crippen LogP contribution in [0.2, 0.25) is 0 Å². The summed E-state index contributed by atoms with van der Waals surface area (Å²) >= 11 is 0. The molecule has 8 aromatic carbocycles. The average Bonchev–Trinajstić information content (AvgIpc) is 3.82. The van der Waals surface area contributed by atoms with Crippen molar-refractivity contribution in [3.05, 3.63) is 192 Å². The maximum atomic E-state index is 15.5. The van der Waals surface area contributed by atoms with Gasteiger partial charge in [0.1, 0.15) is 0 Å². The van der Waals surface area contributed by atoms with Gasteiger partial charge in [-0.3, -0.25) is 0 Å². The van der Waals surface area contributed by atoms with Gasteiger partial charge >= 0.3 is 12.4 Å². The van der Waals surface area contributed by atoms with Crippen LogP contribution in [0.3, 0.4) is 0 Å². The monoisotopic (exact) mass is 847 g/mol. The second-order valence-corrected chi connectivity index (χ2v) is 15.2. The number of benzene rings is 8. The molecule has 0 saturated heterocycles. The van der Waals surface area contributed by atoms with E-state index in [1.807, 2.05) is 36.4 Å². The van der Waals surface area contributed by atoms with E-state index in [0.29, 0.717) is 89.1 Å². The van der Waals surface area contributed by atoms with Gasteiger partial charge in [0, 0.05) is 32.7 Å². The number of nitrogens with zero attached hydrogens (tertiary/aromatic N) is 5. The van der Waals surface area contributed by atoms with Gasteiger partial charge in [-0.1, -0.05) is 103 Å². The Morgan fingerprint density at radius 3 is 1.20 bits per heavy atom. The van der Waals surface area contributed by atoms with E-state index in [-0.39, 0.29) is 16.9 Å². The number of fused-ring (bicyclic) bond motifs is 6. The van der Waals surface area contributed by atoms with Crippen molar-refractivity contribution in [1.82, 2.24) is 9.13 Å². The molecule has 0 fully saturated rings. The molecule has 0 bridgehead atoms. The molecule has 5 nitrogen and oxygen atoms in total. The molecule has 0 radical (unpaired) electrons. The summed E-state index contributed by atoms with van der Waals surface area (Å²) in [6.07, 6.45) is -10.5. The van der Waals surface area contributed by atoms with Crippen LogP contribution in [-0.2, 0) is 12.4 Å². The van der Waals surface area contributed by atoms with Crippen molar-refractivity contribution in [2.45, 2.75) is 12.4 Å². The molecule has 2 aromatic heterocycles. The third-order valence-electron chi connectivity index (χ3n) is 11.7. The van der Waals surface area contributed by atoms with Crippen molar-refractivity contribution in [2.24, 2.45) is 0 Å². The first-order valence-electron chi connectivity index (χ1n) is 19.8. The molecule has 0 spiro atoms. The zero-order chi connectivity index (χ0) is 44.5. The van der Waals surface area contributed by atoms with Crippen LogP contribution in [0.1, 0.15) is 27.8 Å². The lowest BCUT2D eigenvalue weighted by atomic mass is 9.89. The van der Waals surface area contributed by atoms with E-state index in [4.69, 9.17) is 0 Å². The molecule has 0 atom stereocenters. The summed E-state index contributed by atoms with van der Waals surface area (Å²) in [6, 6.07) is 49.8. The smallest absolute Gasteiger partial charge is 0.308 e. The van der Waals surface area contributed by atoms with Crippen molar-refractivity contribution in [2.75, 3.05) is 0 Å². The Morgan fingerprint density at radius 1 is 0.375 bits per heavy atom. The normalized spacial score (nSPS) is 11.9. The molecule has 0 amide bonds. The van der Waals surface area contributed by atoms with Gasteiger partial charge in [-0.25, -0.2) is 0 Å². The third-order valence-corrected chi connectivity index (χ3v) is 11.7. The van der Waals surface area contributed by atoms with E-state index < -0.39 is 34.6 Å². The summed E-state index contributed by atoms with van der Waals surface area (Å²) in [6.45, 7) is 0. The van der Waals surface area contributed by atoms with Crippen molar-refractivity contribution in [3.63, 3.8) is 0 Å². The summed E-state index contributed by atoms with van der Waals surface area (Å²) in [4.78, 5) is 0. The highest BCUT2D eigenvalue weighted by Crippen LogP contribution is 2.51. The Bertz CT molecular complexity index is 3470. The standard InChI is InChI=1S/C53H27F6N5/c54-52(55,56)42-16-9-17-43(53(57,58)59)50(42)51-48(63-44-18-7-5-14-38(44)40-22-20-32(26-46(40)63)36-12-3-1-10-34(36)29-61)24-31(28-60)25-49(51)64-45-19-8-6-15-39(45)41-23-21-33(27-47(41)64)37-13-4-2-11-35(37)30-62/h1-27H. The number of halogens is 6. The van der Waals surface area contributed by atoms with Crippen LogP contribution in [0, 0.1) is 34.0 Å². The minimum absolute atomic E-state index is 0.0411. The molecule has 10 rings (SSSR count). The first-order chi connectivity index (χ1) is 30.9. The average molecular weight is 848 g/mol. The van der Waals surface area contributed by atoms with E-state index >= 15 is 26.3 Å². The van der Waals surface area contributed by atoms with E-state index in [0.717, 1.165) is 6.07 Å². The maximum Gasteiger partial charge on any atom is 0.417 e. The number of nitriles is 3. The van der Waals surface area contributed by atoms with Gasteiger partial charge in [0.25, 0.3) is 0 Å². The van der Waals surface area contributed by atoms with Gasteiger partial charge < -0.3 is 9.13 Å². The van der Waals surface area contributed by atoms with Crippen LogP contribution in [0.15, 0.2) is 164 Å². The first-order valence-corrected chi connectivity index (χ1v) is 19.8. The Balaban J connectivity index is 1.44. The van der Waals surface area contributed by atoms with Crippen LogP contribution in [-0.4, -0.2) is 9.13 Å². The first kappa shape index (κ1) is 39.5. The Morgan fingerprint density at radius 2 is 0.781 bits per heavy atom. The van der Waals surface area contributed by atoms with Crippen molar-refractivity contribution in [1.29, 1.82) is 15.8 Å². The minimum atomic E-state index is -5.27. The van der Waals surface area contributed by atoms with Crippen LogP contribution < -0.4 is 0 Å². The Labute approximate surface area is 360 Å². The maximum absolute atomic E-state index is 15.5. The van der Waals surface area contributed by atoms with Gasteiger partial charge in [-0.15, -0.1) is 0 Å². The summed E-state index contributed by atoms with van der Waals surface area (Å²) in [5, 5.41) is 33.4. The van der Waals surface area contributed by atoms with Crippen LogP contribution >= 0.6 is 0 Å². The molecule has 10 aromatic rings. The summed E-state index contributed by atoms with van der Waals surface area (Å²) in [7, 11) is 0. The number of hydrogen-bond donors (Lipinski definition) is 0. The van der Waals surface area contributed by atoms with E-state index in [1.165, 1.54) is 12.1 Å². The zero-order valence-electron chi connectivity index (χ0n) is 33.1. The summed E-state index contributed by atoms with van der Waals surface area (Å²) in [5.74, 6) is 0. The van der Waals surface area contributed by atoms with Crippen LogP contribution in [0.25, 0.3) is 88.4 Å². The number of alkyl halides is 6. The van der Waals surface area contributed by atoms with Crippen molar-refractivity contribution >= 4 is 43.6 Å². The highest BCUT2D eigenvalue weighted by atomic mass is 19.4. The van der Waals surface area contributed by atoms with E-state index in [9.17, 15) is 15.8 Å². The van der Waals surface area contributed by atoms with Crippen LogP contribution in [0.4, 0.5) is 26.3 Å². The molecule has 0 unspecified atom stereocenters. The fourth-order valence-corrected chi connectivity index (χ4v) is 9.04. The molecule has 0 aliphatic heterocycles. The van der Waals surface area contributed by atoms with Gasteiger partial charge in [-0.05, 0) is 82.9 Å². The fourth-order valence-electron chi connectivity index (χ4n) is 9.04. The minimum Gasteiger partial charge on any atom is -0.308 e. The lowest BCUT2D eigenvalue weighted by Gasteiger charge is -2.25. The predicted octanol–water partition coefficient (Wildman–Crippen LogP) is 14.5. The Kier molecular flexibility index (Phi) is 9.14. The largest absolute Gasteiger partial charge is 0.417 e. The summed E-state index contributed by atoms with van der Waals surface area (Å²) in [5.41, 5.74) is -0.184. The van der Waals surface area contributed by atoms with E-state index in [2.05, 4.69) is 18.2 Å². The molecular weight excluding hydrogens is 821 g/mol. The van der Waals surface area contributed by atoms with Crippen molar-refractivity contribution in [3.8, 4) is 63.0 Å². The van der Waals surface area contributed by atoms with E-state index in [1.54, 1.807) is 106 Å². The number of para-hydroxylation sites is 2. The van der Waals surface area contributed by atoms with Gasteiger partial charge in [0.15, 0.2) is 0 Å². The molecule has 64 heavy (non-hydrogen) atoms. The summed E-state index contributed by atoms with van der Waals surface area (Å²) < 4.78 is 96.5. The molecule has 2 heterocycles. The zero-order valence-corrected chi connectivity index (χ0v) is 33.1. The SMILES string of the molecule is N#Cc1cc(-n2c3ccccc3c3ccc(-c4ccccc4C#N)cc32)c(-c2c(C(F)(F)F)cccc2C(F)(F)F)c(-n2c3ccccc3c3ccc(-c4ccccc4C#N)cc32)c1. The number of rotatable bonds is 5. The Hall–Kier alpha value is -8.59. The highest BCUT2D eigenvalue weighted by Gasteiger charge is 2.43. The lowest BCUT2D eigenvalue weighted by molar-refractivity contribution is -0.142. The number of hydrogen-bond acceptors (Lipinski definition) is 3.